The molecule has 4 amide bonds. The first-order chi connectivity index (χ1) is 14.6. The van der Waals surface area contributed by atoms with Crippen molar-refractivity contribution in [1.82, 2.24) is 20.1 Å². The van der Waals surface area contributed by atoms with Gasteiger partial charge >= 0.3 is 12.2 Å². The van der Waals surface area contributed by atoms with Gasteiger partial charge < -0.3 is 15.1 Å². The van der Waals surface area contributed by atoms with Gasteiger partial charge in [-0.25, -0.2) is 9.78 Å². The van der Waals surface area contributed by atoms with E-state index in [0.29, 0.717) is 25.9 Å². The van der Waals surface area contributed by atoms with Crippen LogP contribution in [0.5, 0.6) is 0 Å². The Balaban J connectivity index is 1.35. The number of nitrogens with one attached hydrogen (secondary N) is 1. The molecule has 0 atom stereocenters. The predicted molar refractivity (Wildman–Crippen MR) is 104 cm³/mol. The molecule has 1 saturated carbocycles. The molecule has 8 nitrogen and oxygen atoms in total. The Labute approximate surface area is 181 Å². The summed E-state index contributed by atoms with van der Waals surface area (Å²) in [6.07, 6.45) is -0.915. The summed E-state index contributed by atoms with van der Waals surface area (Å²) in [5.74, 6) is -0.480. The summed E-state index contributed by atoms with van der Waals surface area (Å²) in [5, 5.41) is 2.63. The van der Waals surface area contributed by atoms with Crippen LogP contribution in [0.4, 0.5) is 23.8 Å². The number of rotatable bonds is 3. The highest BCUT2D eigenvalue weighted by molar-refractivity contribution is 6.33. The summed E-state index contributed by atoms with van der Waals surface area (Å²) in [6, 6.07) is 0.289. The lowest BCUT2D eigenvalue weighted by molar-refractivity contribution is -0.139. The van der Waals surface area contributed by atoms with E-state index >= 15 is 0 Å². The summed E-state index contributed by atoms with van der Waals surface area (Å²) in [4.78, 5) is 45.7. The van der Waals surface area contributed by atoms with E-state index < -0.39 is 23.3 Å². The van der Waals surface area contributed by atoms with E-state index in [4.69, 9.17) is 11.6 Å². The van der Waals surface area contributed by atoms with Crippen LogP contribution in [0, 0.1) is 0 Å². The van der Waals surface area contributed by atoms with E-state index in [1.165, 1.54) is 4.90 Å². The molecule has 3 fully saturated rings. The minimum absolute atomic E-state index is 0.115. The molecular weight excluding hydrogens is 439 g/mol. The smallest absolute Gasteiger partial charge is 0.352 e. The first-order valence-electron chi connectivity index (χ1n) is 10.0. The Hall–Kier alpha value is -2.56. The molecule has 2 saturated heterocycles. The van der Waals surface area contributed by atoms with Crippen molar-refractivity contribution in [2.75, 3.05) is 37.6 Å². The number of hydrogen-bond acceptors (Lipinski definition) is 5. The number of aromatic nitrogens is 1. The first-order valence-corrected chi connectivity index (χ1v) is 10.4. The van der Waals surface area contributed by atoms with E-state index in [-0.39, 0.29) is 42.3 Å². The number of amides is 4. The van der Waals surface area contributed by atoms with E-state index in [1.54, 1.807) is 4.90 Å². The second-order valence-corrected chi connectivity index (χ2v) is 8.41. The number of carbonyl (C=O) groups is 3. The van der Waals surface area contributed by atoms with Crippen LogP contribution in [0.3, 0.4) is 0 Å². The van der Waals surface area contributed by atoms with Crippen LogP contribution in [0.15, 0.2) is 12.3 Å². The molecule has 0 unspecified atom stereocenters. The van der Waals surface area contributed by atoms with Crippen molar-refractivity contribution in [3.63, 3.8) is 0 Å². The lowest BCUT2D eigenvalue weighted by Crippen LogP contribution is -2.52. The van der Waals surface area contributed by atoms with Crippen LogP contribution in [0.2, 0.25) is 5.02 Å². The topological polar surface area (TPSA) is 85.8 Å². The zero-order valence-corrected chi connectivity index (χ0v) is 17.3. The average molecular weight is 460 g/mol. The number of carbonyl (C=O) groups excluding carboxylic acids is 3. The molecule has 3 heterocycles. The molecular formula is C19H21ClF3N5O3. The van der Waals surface area contributed by atoms with Crippen molar-refractivity contribution >= 4 is 35.3 Å². The summed E-state index contributed by atoms with van der Waals surface area (Å²) in [7, 11) is 0. The lowest BCUT2D eigenvalue weighted by atomic mass is 9.98. The second-order valence-electron chi connectivity index (χ2n) is 8.01. The van der Waals surface area contributed by atoms with Crippen molar-refractivity contribution in [2.45, 2.75) is 37.4 Å². The highest BCUT2D eigenvalue weighted by atomic mass is 35.5. The second kappa shape index (κ2) is 7.85. The minimum atomic E-state index is -4.53. The first kappa shape index (κ1) is 21.7. The average Bonchev–Trinajstić information content (AvgIpc) is 3.28. The van der Waals surface area contributed by atoms with Crippen molar-refractivity contribution in [3.05, 3.63) is 22.8 Å². The number of imide groups is 1. The summed E-state index contributed by atoms with van der Waals surface area (Å²) >= 11 is 6.00. The van der Waals surface area contributed by atoms with Gasteiger partial charge in [0.1, 0.15) is 17.9 Å². The molecule has 1 aromatic heterocycles. The van der Waals surface area contributed by atoms with Crippen molar-refractivity contribution in [2.24, 2.45) is 0 Å². The summed E-state index contributed by atoms with van der Waals surface area (Å²) < 4.78 is 38.4. The number of nitrogens with zero attached hydrogens (tertiary/aromatic N) is 4. The van der Waals surface area contributed by atoms with Gasteiger partial charge in [-0.2, -0.15) is 13.2 Å². The van der Waals surface area contributed by atoms with E-state index in [0.717, 1.165) is 30.0 Å². The van der Waals surface area contributed by atoms with Crippen LogP contribution in [-0.4, -0.2) is 70.9 Å². The number of halogens is 4. The number of urea groups is 1. The van der Waals surface area contributed by atoms with Crippen LogP contribution >= 0.6 is 11.6 Å². The maximum atomic E-state index is 12.8. The largest absolute Gasteiger partial charge is 0.417 e. The molecule has 3 aliphatic rings. The molecule has 1 N–H and O–H groups in total. The molecule has 31 heavy (non-hydrogen) atoms. The van der Waals surface area contributed by atoms with Crippen molar-refractivity contribution in [3.8, 4) is 0 Å². The number of hydrogen-bond donors (Lipinski definition) is 1. The van der Waals surface area contributed by atoms with E-state index in [2.05, 4.69) is 10.3 Å². The van der Waals surface area contributed by atoms with Gasteiger partial charge in [0.05, 0.1) is 10.6 Å². The third-order valence-electron chi connectivity index (χ3n) is 6.08. The Bertz CT molecular complexity index is 912. The van der Waals surface area contributed by atoms with Crippen molar-refractivity contribution < 1.29 is 27.6 Å². The summed E-state index contributed by atoms with van der Waals surface area (Å²) in [5.41, 5.74) is -1.79. The van der Waals surface area contributed by atoms with Gasteiger partial charge in [0, 0.05) is 32.4 Å². The van der Waals surface area contributed by atoms with Gasteiger partial charge in [-0.3, -0.25) is 14.5 Å². The normalized spacial score (nSPS) is 21.2. The standard InChI is InChI=1S/C19H21ClF3N5O3/c20-13-9-12(19(21,22)23)10-24-15(13)27-7-5-26(6-8-27)14(29)11-28-16(30)18(25-17(28)31)3-1-2-4-18/h9-10H,1-8,11H2,(H,25,31). The van der Waals surface area contributed by atoms with Crippen LogP contribution < -0.4 is 10.2 Å². The molecule has 1 aliphatic carbocycles. The zero-order chi connectivity index (χ0) is 22.4. The number of alkyl halides is 3. The Morgan fingerprint density at radius 3 is 2.39 bits per heavy atom. The predicted octanol–water partition coefficient (Wildman–Crippen LogP) is 2.27. The van der Waals surface area contributed by atoms with E-state index in [9.17, 15) is 27.6 Å². The zero-order valence-electron chi connectivity index (χ0n) is 16.5. The molecule has 0 radical (unpaired) electrons. The Morgan fingerprint density at radius 1 is 1.16 bits per heavy atom. The monoisotopic (exact) mass is 459 g/mol. The molecule has 1 aromatic rings. The Kier molecular flexibility index (Phi) is 5.48. The van der Waals surface area contributed by atoms with Gasteiger partial charge in [0.2, 0.25) is 5.91 Å². The van der Waals surface area contributed by atoms with Crippen LogP contribution in [0.1, 0.15) is 31.2 Å². The third-order valence-corrected chi connectivity index (χ3v) is 6.36. The molecule has 12 heteroatoms. The molecule has 0 aromatic carbocycles. The van der Waals surface area contributed by atoms with Gasteiger partial charge in [0.25, 0.3) is 5.91 Å². The quantitative estimate of drug-likeness (QED) is 0.701. The molecule has 0 bridgehead atoms. The molecule has 4 rings (SSSR count). The highest BCUT2D eigenvalue weighted by Crippen LogP contribution is 2.35. The molecule has 2 aliphatic heterocycles. The maximum absolute atomic E-state index is 12.8. The van der Waals surface area contributed by atoms with Crippen molar-refractivity contribution in [1.29, 1.82) is 0 Å². The fourth-order valence-corrected chi connectivity index (χ4v) is 4.64. The number of anilines is 1. The fourth-order valence-electron chi connectivity index (χ4n) is 4.36. The maximum Gasteiger partial charge on any atom is 0.417 e. The molecule has 168 valence electrons. The van der Waals surface area contributed by atoms with Gasteiger partial charge in [0.15, 0.2) is 0 Å². The Morgan fingerprint density at radius 2 is 1.81 bits per heavy atom. The van der Waals surface area contributed by atoms with Gasteiger partial charge in [-0.05, 0) is 18.9 Å². The number of pyridine rings is 1. The minimum Gasteiger partial charge on any atom is -0.352 e. The SMILES string of the molecule is O=C(CN1C(=O)NC2(CCCC2)C1=O)N1CCN(c2ncc(C(F)(F)F)cc2Cl)CC1. The number of piperazine rings is 1. The highest BCUT2D eigenvalue weighted by Gasteiger charge is 2.52. The lowest BCUT2D eigenvalue weighted by Gasteiger charge is -2.36. The summed E-state index contributed by atoms with van der Waals surface area (Å²) in [6.45, 7) is 0.840. The van der Waals surface area contributed by atoms with Gasteiger partial charge in [-0.1, -0.05) is 24.4 Å². The van der Waals surface area contributed by atoms with E-state index in [1.807, 2.05) is 0 Å². The van der Waals surface area contributed by atoms with Crippen LogP contribution in [0.25, 0.3) is 0 Å². The van der Waals surface area contributed by atoms with Gasteiger partial charge in [-0.15, -0.1) is 0 Å². The van der Waals surface area contributed by atoms with Crippen LogP contribution in [-0.2, 0) is 15.8 Å². The third kappa shape index (κ3) is 4.02. The molecule has 1 spiro atoms. The fraction of sp³-hybridized carbons (Fsp3) is 0.579.